The van der Waals surface area contributed by atoms with Gasteiger partial charge in [-0.3, -0.25) is 14.9 Å². The minimum Gasteiger partial charge on any atom is -0.508 e. The molecule has 0 atom stereocenters. The van der Waals surface area contributed by atoms with Crippen LogP contribution < -0.4 is 0 Å². The molecule has 0 unspecified atom stereocenters. The fourth-order valence-electron chi connectivity index (χ4n) is 1.79. The molecule has 0 spiro atoms. The Morgan fingerprint density at radius 2 is 2.20 bits per heavy atom. The lowest BCUT2D eigenvalue weighted by atomic mass is 10.1. The maximum Gasteiger partial charge on any atom is 0.282 e. The molecular weight excluding hydrogens is 280 g/mol. The molecule has 0 aliphatic heterocycles. The Hall–Kier alpha value is -2.41. The largest absolute Gasteiger partial charge is 0.508 e. The van der Waals surface area contributed by atoms with Crippen LogP contribution in [0.3, 0.4) is 0 Å². The van der Waals surface area contributed by atoms with Crippen LogP contribution >= 0.6 is 11.3 Å². The molecule has 1 heterocycles. The van der Waals surface area contributed by atoms with E-state index in [1.807, 2.05) is 16.8 Å². The lowest BCUT2D eigenvalue weighted by Crippen LogP contribution is -2.26. The number of carbonyl (C=O) groups is 1. The lowest BCUT2D eigenvalue weighted by molar-refractivity contribution is -0.385. The number of benzene rings is 1. The highest BCUT2D eigenvalue weighted by Crippen LogP contribution is 2.25. The van der Waals surface area contributed by atoms with E-state index in [1.54, 1.807) is 7.05 Å². The van der Waals surface area contributed by atoms with Gasteiger partial charge in [-0.25, -0.2) is 0 Å². The predicted molar refractivity (Wildman–Crippen MR) is 74.9 cm³/mol. The summed E-state index contributed by atoms with van der Waals surface area (Å²) in [6.45, 7) is 0.356. The van der Waals surface area contributed by atoms with Crippen molar-refractivity contribution < 1.29 is 14.8 Å². The zero-order valence-electron chi connectivity index (χ0n) is 10.6. The molecule has 0 bridgehead atoms. The second kappa shape index (κ2) is 5.70. The van der Waals surface area contributed by atoms with Gasteiger partial charge in [0.05, 0.1) is 4.92 Å². The SMILES string of the molecule is CN(Cc1ccsc1)C(=O)c1cc(O)ccc1[N+](=O)[O-]. The van der Waals surface area contributed by atoms with Crippen LogP contribution in [0.4, 0.5) is 5.69 Å². The summed E-state index contributed by atoms with van der Waals surface area (Å²) in [5, 5.41) is 24.1. The Labute approximate surface area is 119 Å². The van der Waals surface area contributed by atoms with Gasteiger partial charge < -0.3 is 10.0 Å². The van der Waals surface area contributed by atoms with E-state index in [0.717, 1.165) is 17.7 Å². The van der Waals surface area contributed by atoms with E-state index in [4.69, 9.17) is 0 Å². The molecule has 0 aliphatic carbocycles. The van der Waals surface area contributed by atoms with E-state index in [2.05, 4.69) is 0 Å². The van der Waals surface area contributed by atoms with Crippen LogP contribution in [0.25, 0.3) is 0 Å². The number of nitro benzene ring substituents is 1. The van der Waals surface area contributed by atoms with E-state index in [-0.39, 0.29) is 17.0 Å². The molecule has 1 N–H and O–H groups in total. The standard InChI is InChI=1S/C13H12N2O4S/c1-14(7-9-4-5-20-8-9)13(17)11-6-10(16)2-3-12(11)15(18)19/h2-6,8,16H,7H2,1H3. The van der Waals surface area contributed by atoms with Gasteiger partial charge in [-0.1, -0.05) is 0 Å². The van der Waals surface area contributed by atoms with E-state index in [1.165, 1.54) is 22.3 Å². The van der Waals surface area contributed by atoms with Gasteiger partial charge in [0.25, 0.3) is 11.6 Å². The van der Waals surface area contributed by atoms with Gasteiger partial charge >= 0.3 is 0 Å². The maximum absolute atomic E-state index is 12.3. The van der Waals surface area contributed by atoms with Gasteiger partial charge in [-0.05, 0) is 34.5 Å². The first-order chi connectivity index (χ1) is 9.49. The molecule has 0 fully saturated rings. The number of nitro groups is 1. The van der Waals surface area contributed by atoms with Crippen molar-refractivity contribution in [2.24, 2.45) is 0 Å². The third-order valence-corrected chi connectivity index (χ3v) is 3.49. The second-order valence-corrected chi connectivity index (χ2v) is 5.03. The van der Waals surface area contributed by atoms with Crippen molar-refractivity contribution >= 4 is 22.9 Å². The first-order valence-electron chi connectivity index (χ1n) is 5.73. The van der Waals surface area contributed by atoms with Crippen molar-refractivity contribution in [2.75, 3.05) is 7.05 Å². The van der Waals surface area contributed by atoms with Crippen LogP contribution in [0, 0.1) is 10.1 Å². The summed E-state index contributed by atoms with van der Waals surface area (Å²) in [5.41, 5.74) is 0.520. The summed E-state index contributed by atoms with van der Waals surface area (Å²) >= 11 is 1.51. The fourth-order valence-corrected chi connectivity index (χ4v) is 2.45. The van der Waals surface area contributed by atoms with Crippen LogP contribution in [0.1, 0.15) is 15.9 Å². The van der Waals surface area contributed by atoms with Crippen molar-refractivity contribution in [3.63, 3.8) is 0 Å². The number of hydrogen-bond donors (Lipinski definition) is 1. The first kappa shape index (κ1) is 14.0. The second-order valence-electron chi connectivity index (χ2n) is 4.25. The number of hydrogen-bond acceptors (Lipinski definition) is 5. The Balaban J connectivity index is 2.28. The molecule has 0 aliphatic rings. The fraction of sp³-hybridized carbons (Fsp3) is 0.154. The molecule has 104 valence electrons. The van der Waals surface area contributed by atoms with E-state index >= 15 is 0 Å². The van der Waals surface area contributed by atoms with E-state index < -0.39 is 10.8 Å². The van der Waals surface area contributed by atoms with Gasteiger partial charge in [-0.15, -0.1) is 0 Å². The third kappa shape index (κ3) is 2.94. The molecular formula is C13H12N2O4S. The van der Waals surface area contributed by atoms with Crippen molar-refractivity contribution in [3.05, 3.63) is 56.3 Å². The number of rotatable bonds is 4. The molecule has 2 rings (SSSR count). The highest BCUT2D eigenvalue weighted by atomic mass is 32.1. The summed E-state index contributed by atoms with van der Waals surface area (Å²) < 4.78 is 0. The van der Waals surface area contributed by atoms with Crippen LogP contribution in [0.15, 0.2) is 35.0 Å². The number of phenols is 1. The van der Waals surface area contributed by atoms with Crippen molar-refractivity contribution in [1.29, 1.82) is 0 Å². The number of aromatic hydroxyl groups is 1. The zero-order valence-corrected chi connectivity index (χ0v) is 11.5. The average molecular weight is 292 g/mol. The van der Waals surface area contributed by atoms with Gasteiger partial charge in [0, 0.05) is 19.7 Å². The maximum atomic E-state index is 12.3. The molecule has 6 nitrogen and oxygen atoms in total. The third-order valence-electron chi connectivity index (χ3n) is 2.75. The first-order valence-corrected chi connectivity index (χ1v) is 6.67. The van der Waals surface area contributed by atoms with Gasteiger partial charge in [0.15, 0.2) is 0 Å². The van der Waals surface area contributed by atoms with Crippen LogP contribution in [-0.4, -0.2) is 27.9 Å². The van der Waals surface area contributed by atoms with Gasteiger partial charge in [0.2, 0.25) is 0 Å². The van der Waals surface area contributed by atoms with Crippen LogP contribution in [0.2, 0.25) is 0 Å². The molecule has 2 aromatic rings. The monoisotopic (exact) mass is 292 g/mol. The minimum absolute atomic E-state index is 0.118. The van der Waals surface area contributed by atoms with Crippen LogP contribution in [-0.2, 0) is 6.54 Å². The minimum atomic E-state index is -0.634. The molecule has 0 saturated carbocycles. The topological polar surface area (TPSA) is 83.7 Å². The van der Waals surface area contributed by atoms with Crippen molar-refractivity contribution in [2.45, 2.75) is 6.54 Å². The molecule has 0 radical (unpaired) electrons. The molecule has 20 heavy (non-hydrogen) atoms. The summed E-state index contributed by atoms with van der Waals surface area (Å²) in [7, 11) is 1.56. The highest BCUT2D eigenvalue weighted by molar-refractivity contribution is 7.07. The number of thiophene rings is 1. The summed E-state index contributed by atoms with van der Waals surface area (Å²) in [6.07, 6.45) is 0. The van der Waals surface area contributed by atoms with Crippen LogP contribution in [0.5, 0.6) is 5.75 Å². The quantitative estimate of drug-likeness (QED) is 0.693. The normalized spacial score (nSPS) is 10.2. The Morgan fingerprint density at radius 3 is 2.80 bits per heavy atom. The number of nitrogens with zero attached hydrogens (tertiary/aromatic N) is 2. The van der Waals surface area contributed by atoms with Gasteiger partial charge in [0.1, 0.15) is 11.3 Å². The van der Waals surface area contributed by atoms with Gasteiger partial charge in [-0.2, -0.15) is 11.3 Å². The molecule has 0 saturated heterocycles. The smallest absolute Gasteiger partial charge is 0.282 e. The summed E-state index contributed by atoms with van der Waals surface area (Å²) in [6, 6.07) is 5.31. The molecule has 1 aromatic heterocycles. The average Bonchev–Trinajstić information content (AvgIpc) is 2.90. The summed E-state index contributed by atoms with van der Waals surface area (Å²) in [5.74, 6) is -0.679. The Bertz CT molecular complexity index is 640. The highest BCUT2D eigenvalue weighted by Gasteiger charge is 2.23. The van der Waals surface area contributed by atoms with Crippen molar-refractivity contribution in [1.82, 2.24) is 4.90 Å². The Morgan fingerprint density at radius 1 is 1.45 bits per heavy atom. The molecule has 1 amide bonds. The summed E-state index contributed by atoms with van der Waals surface area (Å²) in [4.78, 5) is 23.9. The molecule has 1 aromatic carbocycles. The Kier molecular flexibility index (Phi) is 3.99. The number of phenolic OH excluding ortho intramolecular Hbond substituents is 1. The zero-order chi connectivity index (χ0) is 14.7. The number of amides is 1. The van der Waals surface area contributed by atoms with E-state index in [9.17, 15) is 20.0 Å². The predicted octanol–water partition coefficient (Wildman–Crippen LogP) is 2.63. The van der Waals surface area contributed by atoms with Crippen molar-refractivity contribution in [3.8, 4) is 5.75 Å². The number of carbonyl (C=O) groups excluding carboxylic acids is 1. The lowest BCUT2D eigenvalue weighted by Gasteiger charge is -2.16. The molecule has 7 heteroatoms. The van der Waals surface area contributed by atoms with E-state index in [0.29, 0.717) is 6.54 Å².